The van der Waals surface area contributed by atoms with E-state index in [1.807, 2.05) is 0 Å². The molecule has 1 amide bonds. The number of carbonyl (C=O) groups is 1. The summed E-state index contributed by atoms with van der Waals surface area (Å²) in [4.78, 5) is 13.3. The molecule has 0 aromatic carbocycles. The topological polar surface area (TPSA) is 32.3 Å². The number of carbonyl (C=O) groups excluding carboxylic acids is 1. The van der Waals surface area contributed by atoms with Gasteiger partial charge in [0.25, 0.3) is 0 Å². The van der Waals surface area contributed by atoms with Crippen molar-refractivity contribution in [1.82, 2.24) is 10.2 Å². The highest BCUT2D eigenvalue weighted by Gasteiger charge is 2.62. The molecule has 1 atom stereocenters. The van der Waals surface area contributed by atoms with Crippen LogP contribution in [-0.4, -0.2) is 43.2 Å². The number of rotatable bonds is 5. The highest BCUT2D eigenvalue weighted by Crippen LogP contribution is 2.44. The van der Waals surface area contributed by atoms with Crippen molar-refractivity contribution in [3.8, 4) is 0 Å². The van der Waals surface area contributed by atoms with Gasteiger partial charge in [-0.2, -0.15) is 13.2 Å². The quantitative estimate of drug-likeness (QED) is 0.765. The molecule has 6 heteroatoms. The van der Waals surface area contributed by atoms with Gasteiger partial charge in [-0.15, -0.1) is 13.2 Å². The average molecular weight is 262 g/mol. The molecule has 1 unspecified atom stereocenters. The third-order valence-electron chi connectivity index (χ3n) is 3.09. The van der Waals surface area contributed by atoms with Crippen molar-refractivity contribution in [2.24, 2.45) is 5.41 Å². The Morgan fingerprint density at radius 3 is 2.22 bits per heavy atom. The predicted octanol–water partition coefficient (Wildman–Crippen LogP) is 1.73. The zero-order valence-electron chi connectivity index (χ0n) is 10.1. The number of hydrogen-bond acceptors (Lipinski definition) is 2. The Kier molecular flexibility index (Phi) is 4.56. The Balaban J connectivity index is 3.01. The molecule has 0 aliphatic carbocycles. The van der Waals surface area contributed by atoms with E-state index in [1.54, 1.807) is 0 Å². The molecule has 1 fully saturated rings. The molecule has 0 radical (unpaired) electrons. The molecule has 1 aliphatic rings. The van der Waals surface area contributed by atoms with E-state index in [1.165, 1.54) is 12.2 Å². The molecule has 1 rings (SSSR count). The lowest BCUT2D eigenvalue weighted by molar-refractivity contribution is -0.221. The van der Waals surface area contributed by atoms with Crippen LogP contribution in [0.5, 0.6) is 0 Å². The van der Waals surface area contributed by atoms with E-state index in [2.05, 4.69) is 18.5 Å². The van der Waals surface area contributed by atoms with Gasteiger partial charge in [0.05, 0.1) is 0 Å². The minimum atomic E-state index is -4.55. The molecule has 1 heterocycles. The molecule has 1 aliphatic heterocycles. The van der Waals surface area contributed by atoms with Crippen molar-refractivity contribution in [3.63, 3.8) is 0 Å². The second-order valence-corrected chi connectivity index (χ2v) is 4.29. The zero-order chi connectivity index (χ0) is 13.8. The van der Waals surface area contributed by atoms with Gasteiger partial charge in [-0.3, -0.25) is 4.79 Å². The molecule has 0 aromatic heterocycles. The summed E-state index contributed by atoms with van der Waals surface area (Å²) in [6.45, 7) is 6.91. The summed E-state index contributed by atoms with van der Waals surface area (Å²) in [5, 5.41) is 2.62. The fraction of sp³-hybridized carbons (Fsp3) is 0.583. The van der Waals surface area contributed by atoms with Crippen molar-refractivity contribution in [1.29, 1.82) is 0 Å². The van der Waals surface area contributed by atoms with Crippen LogP contribution in [0.15, 0.2) is 25.3 Å². The van der Waals surface area contributed by atoms with Crippen molar-refractivity contribution in [3.05, 3.63) is 25.3 Å². The molecule has 0 aromatic rings. The normalized spacial score (nSPS) is 23.7. The predicted molar refractivity (Wildman–Crippen MR) is 62.9 cm³/mol. The summed E-state index contributed by atoms with van der Waals surface area (Å²) in [5.41, 5.74) is -2.31. The first-order valence-corrected chi connectivity index (χ1v) is 5.67. The van der Waals surface area contributed by atoms with Gasteiger partial charge in [0.15, 0.2) is 5.41 Å². The van der Waals surface area contributed by atoms with E-state index in [0.29, 0.717) is 0 Å². The SMILES string of the molecule is C=CCN(CC=C)C(=O)C1(C(F)(F)F)CCNC1. The standard InChI is InChI=1S/C12H17F3N2O/c1-3-7-17(8-4-2)10(18)11(12(13,14)15)5-6-16-9-11/h3-4,16H,1-2,5-9H2. The van der Waals surface area contributed by atoms with Crippen LogP contribution in [0.1, 0.15) is 6.42 Å². The third-order valence-corrected chi connectivity index (χ3v) is 3.09. The Hall–Kier alpha value is -1.30. The molecule has 1 N–H and O–H groups in total. The molecule has 102 valence electrons. The summed E-state index contributed by atoms with van der Waals surface area (Å²) < 4.78 is 39.5. The van der Waals surface area contributed by atoms with E-state index >= 15 is 0 Å². The van der Waals surface area contributed by atoms with Crippen LogP contribution < -0.4 is 5.32 Å². The molecular formula is C12H17F3N2O. The summed E-state index contributed by atoms with van der Waals surface area (Å²) in [6.07, 6.45) is -1.95. The van der Waals surface area contributed by atoms with Gasteiger partial charge in [-0.1, -0.05) is 12.2 Å². The third kappa shape index (κ3) is 2.58. The van der Waals surface area contributed by atoms with Crippen molar-refractivity contribution in [2.75, 3.05) is 26.2 Å². The van der Waals surface area contributed by atoms with Gasteiger partial charge >= 0.3 is 6.18 Å². The minimum absolute atomic E-state index is 0.0860. The molecule has 3 nitrogen and oxygen atoms in total. The lowest BCUT2D eigenvalue weighted by Crippen LogP contribution is -2.53. The van der Waals surface area contributed by atoms with Crippen LogP contribution in [0.3, 0.4) is 0 Å². The average Bonchev–Trinajstić information content (AvgIpc) is 2.77. The molecule has 18 heavy (non-hydrogen) atoms. The minimum Gasteiger partial charge on any atom is -0.334 e. The molecule has 1 saturated heterocycles. The smallest absolute Gasteiger partial charge is 0.334 e. The van der Waals surface area contributed by atoms with Crippen molar-refractivity contribution < 1.29 is 18.0 Å². The van der Waals surface area contributed by atoms with E-state index in [0.717, 1.165) is 4.90 Å². The fourth-order valence-electron chi connectivity index (χ4n) is 2.09. The molecule has 0 bridgehead atoms. The Morgan fingerprint density at radius 2 is 1.89 bits per heavy atom. The first kappa shape index (κ1) is 14.8. The van der Waals surface area contributed by atoms with E-state index < -0.39 is 17.5 Å². The van der Waals surface area contributed by atoms with Crippen LogP contribution in [0, 0.1) is 5.41 Å². The Labute approximate surface area is 104 Å². The van der Waals surface area contributed by atoms with Gasteiger partial charge in [0.2, 0.25) is 5.91 Å². The van der Waals surface area contributed by atoms with Crippen LogP contribution in [-0.2, 0) is 4.79 Å². The highest BCUT2D eigenvalue weighted by atomic mass is 19.4. The largest absolute Gasteiger partial charge is 0.404 e. The summed E-state index contributed by atoms with van der Waals surface area (Å²) in [5.74, 6) is -0.903. The van der Waals surface area contributed by atoms with Gasteiger partial charge in [-0.25, -0.2) is 0 Å². The number of alkyl halides is 3. The summed E-state index contributed by atoms with van der Waals surface area (Å²) in [6, 6.07) is 0. The maximum atomic E-state index is 13.2. The lowest BCUT2D eigenvalue weighted by Gasteiger charge is -2.34. The van der Waals surface area contributed by atoms with Gasteiger partial charge in [-0.05, 0) is 13.0 Å². The van der Waals surface area contributed by atoms with Crippen LogP contribution >= 0.6 is 0 Å². The van der Waals surface area contributed by atoms with E-state index in [4.69, 9.17) is 0 Å². The van der Waals surface area contributed by atoms with Crippen molar-refractivity contribution >= 4 is 5.91 Å². The highest BCUT2D eigenvalue weighted by molar-refractivity contribution is 5.84. The van der Waals surface area contributed by atoms with Crippen molar-refractivity contribution in [2.45, 2.75) is 12.6 Å². The second-order valence-electron chi connectivity index (χ2n) is 4.29. The number of amides is 1. The monoisotopic (exact) mass is 262 g/mol. The van der Waals surface area contributed by atoms with Crippen LogP contribution in [0.2, 0.25) is 0 Å². The Bertz CT molecular complexity index is 323. The van der Waals surface area contributed by atoms with Gasteiger partial charge < -0.3 is 10.2 Å². The molecule has 0 spiro atoms. The van der Waals surface area contributed by atoms with E-state index in [9.17, 15) is 18.0 Å². The van der Waals surface area contributed by atoms with Gasteiger partial charge in [0.1, 0.15) is 0 Å². The Morgan fingerprint density at radius 1 is 1.33 bits per heavy atom. The first-order valence-electron chi connectivity index (χ1n) is 5.67. The summed E-state index contributed by atoms with van der Waals surface area (Å²) >= 11 is 0. The zero-order valence-corrected chi connectivity index (χ0v) is 10.1. The number of halogens is 3. The maximum absolute atomic E-state index is 13.2. The second kappa shape index (κ2) is 5.56. The number of nitrogens with one attached hydrogen (secondary N) is 1. The summed E-state index contributed by atoms with van der Waals surface area (Å²) in [7, 11) is 0. The number of hydrogen-bond donors (Lipinski definition) is 1. The van der Waals surface area contributed by atoms with E-state index in [-0.39, 0.29) is 32.6 Å². The molecule has 0 saturated carbocycles. The molecular weight excluding hydrogens is 245 g/mol. The lowest BCUT2D eigenvalue weighted by atomic mass is 9.84. The number of nitrogens with zero attached hydrogens (tertiary/aromatic N) is 1. The van der Waals surface area contributed by atoms with Crippen LogP contribution in [0.4, 0.5) is 13.2 Å². The van der Waals surface area contributed by atoms with Gasteiger partial charge in [0, 0.05) is 19.6 Å². The fourth-order valence-corrected chi connectivity index (χ4v) is 2.09. The van der Waals surface area contributed by atoms with Crippen LogP contribution in [0.25, 0.3) is 0 Å². The maximum Gasteiger partial charge on any atom is 0.404 e. The first-order chi connectivity index (χ1) is 8.39.